The lowest BCUT2D eigenvalue weighted by Gasteiger charge is -2.10. The van der Waals surface area contributed by atoms with Gasteiger partial charge in [0, 0.05) is 18.8 Å². The van der Waals surface area contributed by atoms with Gasteiger partial charge in [-0.2, -0.15) is 0 Å². The third-order valence-electron chi connectivity index (χ3n) is 0.994. The van der Waals surface area contributed by atoms with Crippen molar-refractivity contribution >= 4 is 12.4 Å². The van der Waals surface area contributed by atoms with Crippen LogP contribution in [0.15, 0.2) is 0 Å². The molecular formula is C4H11ClN2O2. The molecule has 0 aromatic carbocycles. The Morgan fingerprint density at radius 2 is 2.00 bits per heavy atom. The van der Waals surface area contributed by atoms with Crippen molar-refractivity contribution < 1.29 is 4.92 Å². The van der Waals surface area contributed by atoms with Crippen molar-refractivity contribution in [2.45, 2.75) is 19.4 Å². The molecule has 0 saturated heterocycles. The van der Waals surface area contributed by atoms with Gasteiger partial charge in [-0.15, -0.1) is 12.4 Å². The number of hydrogen-bond donors (Lipinski definition) is 1. The quantitative estimate of drug-likeness (QED) is 0.463. The topological polar surface area (TPSA) is 69.2 Å². The van der Waals surface area contributed by atoms with Gasteiger partial charge in [-0.3, -0.25) is 10.1 Å². The van der Waals surface area contributed by atoms with Crippen LogP contribution < -0.4 is 5.73 Å². The zero-order valence-electron chi connectivity index (χ0n) is 5.46. The average Bonchev–Trinajstić information content (AvgIpc) is 1.67. The van der Waals surface area contributed by atoms with Crippen molar-refractivity contribution in [2.75, 3.05) is 6.54 Å². The van der Waals surface area contributed by atoms with Crippen LogP contribution >= 0.6 is 12.4 Å². The highest BCUT2D eigenvalue weighted by molar-refractivity contribution is 5.85. The van der Waals surface area contributed by atoms with Crippen molar-refractivity contribution in [2.24, 2.45) is 5.73 Å². The molecule has 0 saturated carbocycles. The van der Waals surface area contributed by atoms with Crippen LogP contribution in [0.5, 0.6) is 0 Å². The van der Waals surface area contributed by atoms with Crippen LogP contribution in [0.3, 0.4) is 0 Å². The van der Waals surface area contributed by atoms with Crippen LogP contribution in [0.2, 0.25) is 0 Å². The second kappa shape index (κ2) is 3.63. The van der Waals surface area contributed by atoms with E-state index in [9.17, 15) is 10.1 Å². The Bertz CT molecular complexity index is 105. The Balaban J connectivity index is 0. The van der Waals surface area contributed by atoms with E-state index < -0.39 is 5.54 Å². The fraction of sp³-hybridized carbons (Fsp3) is 1.00. The van der Waals surface area contributed by atoms with Crippen LogP contribution in [0.4, 0.5) is 0 Å². The Kier molecular flexibility index (Phi) is 4.62. The molecule has 0 aromatic rings. The Morgan fingerprint density at radius 3 is 2.00 bits per heavy atom. The molecule has 0 radical (unpaired) electrons. The normalized spacial score (nSPS) is 10.1. The molecular weight excluding hydrogens is 144 g/mol. The van der Waals surface area contributed by atoms with E-state index in [4.69, 9.17) is 5.73 Å². The molecule has 9 heavy (non-hydrogen) atoms. The van der Waals surface area contributed by atoms with Gasteiger partial charge in [0.1, 0.15) is 0 Å². The van der Waals surface area contributed by atoms with Crippen molar-refractivity contribution in [3.8, 4) is 0 Å². The first-order valence-electron chi connectivity index (χ1n) is 2.35. The van der Waals surface area contributed by atoms with Gasteiger partial charge in [0.15, 0.2) is 0 Å². The molecule has 0 rings (SSSR count). The summed E-state index contributed by atoms with van der Waals surface area (Å²) in [6.07, 6.45) is 0. The maximum Gasteiger partial charge on any atom is 0.228 e. The van der Waals surface area contributed by atoms with Crippen molar-refractivity contribution in [1.82, 2.24) is 0 Å². The van der Waals surface area contributed by atoms with Crippen LogP contribution in [0.25, 0.3) is 0 Å². The van der Waals surface area contributed by atoms with E-state index in [0.29, 0.717) is 0 Å². The lowest BCUT2D eigenvalue weighted by atomic mass is 10.1. The molecule has 0 unspecified atom stereocenters. The number of nitro groups is 1. The second-order valence-electron chi connectivity index (χ2n) is 2.27. The van der Waals surface area contributed by atoms with Gasteiger partial charge in [-0.1, -0.05) is 0 Å². The molecule has 0 aliphatic rings. The SMILES string of the molecule is CC(C)(CN)[N+](=O)[O-].Cl. The van der Waals surface area contributed by atoms with Crippen LogP contribution in [-0.2, 0) is 0 Å². The second-order valence-corrected chi connectivity index (χ2v) is 2.27. The van der Waals surface area contributed by atoms with E-state index >= 15 is 0 Å². The van der Waals surface area contributed by atoms with Crippen LogP contribution in [0, 0.1) is 10.1 Å². The summed E-state index contributed by atoms with van der Waals surface area (Å²) in [6.45, 7) is 3.07. The number of nitrogens with zero attached hydrogens (tertiary/aromatic N) is 1. The lowest BCUT2D eigenvalue weighted by molar-refractivity contribution is -0.557. The van der Waals surface area contributed by atoms with E-state index in [-0.39, 0.29) is 23.9 Å². The highest BCUT2D eigenvalue weighted by atomic mass is 35.5. The molecule has 0 atom stereocenters. The van der Waals surface area contributed by atoms with Gasteiger partial charge in [0.2, 0.25) is 5.54 Å². The van der Waals surface area contributed by atoms with E-state index in [2.05, 4.69) is 0 Å². The Labute approximate surface area is 60.0 Å². The first-order chi connectivity index (χ1) is 3.50. The molecule has 0 aliphatic heterocycles. The summed E-state index contributed by atoms with van der Waals surface area (Å²) in [5.41, 5.74) is 4.11. The summed E-state index contributed by atoms with van der Waals surface area (Å²) < 4.78 is 0. The lowest BCUT2D eigenvalue weighted by Crippen LogP contribution is -2.38. The van der Waals surface area contributed by atoms with Gasteiger partial charge < -0.3 is 5.73 Å². The summed E-state index contributed by atoms with van der Waals surface area (Å²) in [4.78, 5) is 9.60. The van der Waals surface area contributed by atoms with Gasteiger partial charge in [-0.25, -0.2) is 0 Å². The maximum atomic E-state index is 9.98. The molecule has 0 aromatic heterocycles. The third-order valence-corrected chi connectivity index (χ3v) is 0.994. The largest absolute Gasteiger partial charge is 0.324 e. The standard InChI is InChI=1S/C4H10N2O2.ClH/c1-4(2,3-5)6(7)8;/h3,5H2,1-2H3;1H. The van der Waals surface area contributed by atoms with Crippen molar-refractivity contribution in [1.29, 1.82) is 0 Å². The predicted octanol–water partition coefficient (Wildman–Crippen LogP) is 0.422. The molecule has 0 spiro atoms. The fourth-order valence-corrected chi connectivity index (χ4v) is 0.0745. The highest BCUT2D eigenvalue weighted by Gasteiger charge is 2.27. The number of rotatable bonds is 2. The zero-order valence-corrected chi connectivity index (χ0v) is 6.27. The minimum Gasteiger partial charge on any atom is -0.324 e. The molecule has 0 bridgehead atoms. The zero-order chi connectivity index (χ0) is 6.78. The number of nitrogens with two attached hydrogens (primary N) is 1. The molecule has 0 amide bonds. The molecule has 0 aliphatic carbocycles. The summed E-state index contributed by atoms with van der Waals surface area (Å²) >= 11 is 0. The number of hydrogen-bond acceptors (Lipinski definition) is 3. The first kappa shape index (κ1) is 11.4. The number of halogens is 1. The Morgan fingerprint density at radius 1 is 1.67 bits per heavy atom. The minimum atomic E-state index is -0.958. The van der Waals surface area contributed by atoms with Gasteiger partial charge in [0.25, 0.3) is 0 Å². The molecule has 0 fully saturated rings. The summed E-state index contributed by atoms with van der Waals surface area (Å²) in [5, 5.41) is 9.98. The smallest absolute Gasteiger partial charge is 0.228 e. The van der Waals surface area contributed by atoms with Crippen LogP contribution in [-0.4, -0.2) is 17.0 Å². The predicted molar refractivity (Wildman–Crippen MR) is 37.4 cm³/mol. The fourth-order valence-electron chi connectivity index (χ4n) is 0.0745. The first-order valence-corrected chi connectivity index (χ1v) is 2.35. The average molecular weight is 155 g/mol. The molecule has 5 heteroatoms. The van der Waals surface area contributed by atoms with Gasteiger partial charge in [0.05, 0.1) is 6.54 Å². The molecule has 56 valence electrons. The van der Waals surface area contributed by atoms with Gasteiger partial charge in [-0.05, 0) is 0 Å². The van der Waals surface area contributed by atoms with E-state index in [1.807, 2.05) is 0 Å². The highest BCUT2D eigenvalue weighted by Crippen LogP contribution is 2.02. The summed E-state index contributed by atoms with van der Waals surface area (Å²) in [5.74, 6) is 0. The van der Waals surface area contributed by atoms with Crippen LogP contribution in [0.1, 0.15) is 13.8 Å². The van der Waals surface area contributed by atoms with E-state index in [1.54, 1.807) is 0 Å². The van der Waals surface area contributed by atoms with Crippen molar-refractivity contribution in [3.63, 3.8) is 0 Å². The molecule has 0 heterocycles. The van der Waals surface area contributed by atoms with Gasteiger partial charge >= 0.3 is 0 Å². The summed E-state index contributed by atoms with van der Waals surface area (Å²) in [6, 6.07) is 0. The maximum absolute atomic E-state index is 9.98. The van der Waals surface area contributed by atoms with E-state index in [0.717, 1.165) is 0 Å². The Hall–Kier alpha value is -0.350. The minimum absolute atomic E-state index is 0. The molecule has 2 N–H and O–H groups in total. The molecule has 4 nitrogen and oxygen atoms in total. The van der Waals surface area contributed by atoms with Crippen molar-refractivity contribution in [3.05, 3.63) is 10.1 Å². The summed E-state index contributed by atoms with van der Waals surface area (Å²) in [7, 11) is 0. The third kappa shape index (κ3) is 3.26. The monoisotopic (exact) mass is 154 g/mol. The van der Waals surface area contributed by atoms with E-state index in [1.165, 1.54) is 13.8 Å².